The molecule has 1 aromatic carbocycles. The highest BCUT2D eigenvalue weighted by atomic mass is 16.6. The van der Waals surface area contributed by atoms with E-state index in [0.717, 1.165) is 11.4 Å². The first-order valence-corrected chi connectivity index (χ1v) is 9.50. The van der Waals surface area contributed by atoms with E-state index < -0.39 is 4.92 Å². The summed E-state index contributed by atoms with van der Waals surface area (Å²) in [7, 11) is 1.46. The molecule has 2 aromatic rings. The molecule has 4 atom stereocenters. The third-order valence-corrected chi connectivity index (χ3v) is 6.03. The number of fused-ring (bicyclic) bond motifs is 5. The second kappa shape index (κ2) is 6.65. The van der Waals surface area contributed by atoms with Gasteiger partial charge in [-0.15, -0.1) is 0 Å². The molecule has 2 amide bonds. The lowest BCUT2D eigenvalue weighted by Gasteiger charge is -2.13. The first-order chi connectivity index (χ1) is 14.5. The van der Waals surface area contributed by atoms with Crippen molar-refractivity contribution in [2.45, 2.75) is 6.42 Å². The van der Waals surface area contributed by atoms with Crippen LogP contribution in [0.5, 0.6) is 5.75 Å². The van der Waals surface area contributed by atoms with Crippen molar-refractivity contribution in [3.63, 3.8) is 0 Å². The Balaban J connectivity index is 1.39. The van der Waals surface area contributed by atoms with Gasteiger partial charge < -0.3 is 9.15 Å². The highest BCUT2D eigenvalue weighted by molar-refractivity contribution is 6.06. The van der Waals surface area contributed by atoms with Crippen LogP contribution in [-0.2, 0) is 9.59 Å². The average molecular weight is 407 g/mol. The van der Waals surface area contributed by atoms with Crippen molar-refractivity contribution in [1.82, 2.24) is 5.01 Å². The third kappa shape index (κ3) is 2.66. The van der Waals surface area contributed by atoms with Gasteiger partial charge >= 0.3 is 0 Å². The van der Waals surface area contributed by atoms with Gasteiger partial charge in [0.1, 0.15) is 17.3 Å². The first-order valence-electron chi connectivity index (χ1n) is 9.50. The van der Waals surface area contributed by atoms with Crippen LogP contribution in [0.25, 0.3) is 11.3 Å². The highest BCUT2D eigenvalue weighted by Gasteiger charge is 2.59. The van der Waals surface area contributed by atoms with Crippen LogP contribution in [0.1, 0.15) is 12.2 Å². The molecule has 0 N–H and O–H groups in total. The fourth-order valence-corrected chi connectivity index (χ4v) is 4.68. The van der Waals surface area contributed by atoms with Crippen molar-refractivity contribution in [2.75, 3.05) is 7.11 Å². The molecule has 2 bridgehead atoms. The Kier molecular flexibility index (Phi) is 4.05. The van der Waals surface area contributed by atoms with Crippen LogP contribution in [0.4, 0.5) is 5.69 Å². The Morgan fingerprint density at radius 2 is 1.87 bits per heavy atom. The summed E-state index contributed by atoms with van der Waals surface area (Å²) < 4.78 is 11.0. The smallest absolute Gasteiger partial charge is 0.270 e. The van der Waals surface area contributed by atoms with Gasteiger partial charge in [0, 0.05) is 12.1 Å². The second-order valence-corrected chi connectivity index (χ2v) is 7.58. The van der Waals surface area contributed by atoms with Gasteiger partial charge in [0.25, 0.3) is 17.5 Å². The molecule has 30 heavy (non-hydrogen) atoms. The number of hydrazone groups is 1. The van der Waals surface area contributed by atoms with Crippen molar-refractivity contribution < 1.29 is 23.7 Å². The predicted molar refractivity (Wildman–Crippen MR) is 105 cm³/mol. The van der Waals surface area contributed by atoms with Crippen LogP contribution in [0.2, 0.25) is 0 Å². The number of benzene rings is 1. The van der Waals surface area contributed by atoms with E-state index >= 15 is 0 Å². The maximum atomic E-state index is 12.7. The fraction of sp³-hybridized carbons (Fsp3) is 0.286. The number of non-ortho nitro benzene ring substituents is 1. The molecule has 152 valence electrons. The summed E-state index contributed by atoms with van der Waals surface area (Å²) in [6.07, 6.45) is 6.21. The number of hydrogen-bond donors (Lipinski definition) is 0. The minimum Gasteiger partial charge on any atom is -0.496 e. The monoisotopic (exact) mass is 407 g/mol. The van der Waals surface area contributed by atoms with E-state index in [0.29, 0.717) is 22.8 Å². The first kappa shape index (κ1) is 18.3. The molecule has 0 radical (unpaired) electrons. The molecular formula is C21H17N3O6. The topological polar surface area (TPSA) is 115 Å². The van der Waals surface area contributed by atoms with Crippen LogP contribution >= 0.6 is 0 Å². The molecule has 5 rings (SSSR count). The number of amides is 2. The quantitative estimate of drug-likeness (QED) is 0.247. The summed E-state index contributed by atoms with van der Waals surface area (Å²) in [6.45, 7) is 0. The molecule has 9 nitrogen and oxygen atoms in total. The lowest BCUT2D eigenvalue weighted by Crippen LogP contribution is -2.28. The molecule has 1 aliphatic heterocycles. The van der Waals surface area contributed by atoms with Crippen molar-refractivity contribution in [1.29, 1.82) is 0 Å². The molecule has 0 unspecified atom stereocenters. The summed E-state index contributed by atoms with van der Waals surface area (Å²) in [6, 6.07) is 7.42. The maximum absolute atomic E-state index is 12.7. The van der Waals surface area contributed by atoms with Gasteiger partial charge in [-0.25, -0.2) is 0 Å². The molecule has 9 heteroatoms. The van der Waals surface area contributed by atoms with E-state index in [-0.39, 0.29) is 41.2 Å². The predicted octanol–water partition coefficient (Wildman–Crippen LogP) is 3.00. The van der Waals surface area contributed by atoms with Crippen LogP contribution in [0.3, 0.4) is 0 Å². The lowest BCUT2D eigenvalue weighted by atomic mass is 9.85. The van der Waals surface area contributed by atoms with Gasteiger partial charge in [-0.05, 0) is 36.5 Å². The van der Waals surface area contributed by atoms with Gasteiger partial charge in [0.15, 0.2) is 0 Å². The number of nitrogens with zero attached hydrogens (tertiary/aromatic N) is 3. The molecule has 2 aliphatic carbocycles. The molecule has 2 fully saturated rings. The molecular weight excluding hydrogens is 390 g/mol. The van der Waals surface area contributed by atoms with Gasteiger partial charge in [-0.1, -0.05) is 12.2 Å². The highest BCUT2D eigenvalue weighted by Crippen LogP contribution is 2.52. The number of methoxy groups -OCH3 is 1. The summed E-state index contributed by atoms with van der Waals surface area (Å²) in [4.78, 5) is 35.9. The number of imide groups is 1. The number of nitro groups is 1. The Labute approximate surface area is 170 Å². The number of carbonyl (C=O) groups excluding carboxylic acids is 2. The second-order valence-electron chi connectivity index (χ2n) is 7.58. The van der Waals surface area contributed by atoms with Crippen molar-refractivity contribution >= 4 is 23.7 Å². The molecule has 2 heterocycles. The van der Waals surface area contributed by atoms with E-state index in [4.69, 9.17) is 9.15 Å². The Morgan fingerprint density at radius 3 is 2.50 bits per heavy atom. The molecule has 1 aromatic heterocycles. The summed E-state index contributed by atoms with van der Waals surface area (Å²) in [5, 5.41) is 16.1. The third-order valence-electron chi connectivity index (χ3n) is 6.03. The molecule has 1 saturated heterocycles. The van der Waals surface area contributed by atoms with E-state index in [1.807, 2.05) is 12.2 Å². The standard InChI is InChI=1S/C21H17N3O6/c1-29-16-6-4-13(24(27)28)9-15(16)17-7-5-14(30-17)10-22-23-20(25)18-11-2-3-12(8-11)19(18)21(23)26/h2-7,9-12,18-19H,8H2,1H3/b22-10-/t11-,12-,18+,19+/m0/s1. The number of ether oxygens (including phenoxy) is 1. The van der Waals surface area contributed by atoms with Gasteiger partial charge in [0.2, 0.25) is 0 Å². The number of carbonyl (C=O) groups is 2. The van der Waals surface area contributed by atoms with E-state index in [9.17, 15) is 19.7 Å². The van der Waals surface area contributed by atoms with Crippen LogP contribution in [-0.4, -0.2) is 35.1 Å². The van der Waals surface area contributed by atoms with Crippen molar-refractivity contribution in [2.24, 2.45) is 28.8 Å². The normalized spacial score (nSPS) is 26.8. The van der Waals surface area contributed by atoms with Gasteiger partial charge in [0.05, 0.1) is 35.6 Å². The number of nitro benzene ring substituents is 1. The Bertz CT molecular complexity index is 1100. The largest absolute Gasteiger partial charge is 0.496 e. The van der Waals surface area contributed by atoms with Gasteiger partial charge in [-0.2, -0.15) is 10.1 Å². The van der Waals surface area contributed by atoms with E-state index in [1.165, 1.54) is 31.5 Å². The SMILES string of the molecule is COc1ccc([N+](=O)[O-])cc1-c1ccc(/C=N\N2C(=O)[C@H]3[C@H](C2=O)[C@H]2C=C[C@H]3C2)o1. The zero-order valence-corrected chi connectivity index (χ0v) is 15.9. The Hall–Kier alpha value is -3.75. The number of allylic oxidation sites excluding steroid dienone is 2. The van der Waals surface area contributed by atoms with E-state index in [1.54, 1.807) is 12.1 Å². The Morgan fingerprint density at radius 1 is 1.17 bits per heavy atom. The summed E-state index contributed by atoms with van der Waals surface area (Å²) >= 11 is 0. The zero-order valence-electron chi connectivity index (χ0n) is 15.9. The molecule has 0 spiro atoms. The lowest BCUT2D eigenvalue weighted by molar-refractivity contribution is -0.384. The minimum absolute atomic E-state index is 0.0968. The number of furan rings is 1. The van der Waals surface area contributed by atoms with Crippen molar-refractivity contribution in [3.05, 3.63) is 58.4 Å². The average Bonchev–Trinajstić information content (AvgIpc) is 3.51. The zero-order chi connectivity index (χ0) is 21.0. The number of rotatable bonds is 5. The van der Waals surface area contributed by atoms with Crippen LogP contribution in [0.15, 0.2) is 52.0 Å². The molecule has 3 aliphatic rings. The minimum atomic E-state index is -0.502. The maximum Gasteiger partial charge on any atom is 0.270 e. The van der Waals surface area contributed by atoms with Crippen molar-refractivity contribution in [3.8, 4) is 17.1 Å². The van der Waals surface area contributed by atoms with Gasteiger partial charge in [-0.3, -0.25) is 19.7 Å². The van der Waals surface area contributed by atoms with E-state index in [2.05, 4.69) is 5.10 Å². The fourth-order valence-electron chi connectivity index (χ4n) is 4.68. The van der Waals surface area contributed by atoms with Crippen LogP contribution < -0.4 is 4.74 Å². The number of hydrogen-bond acceptors (Lipinski definition) is 7. The van der Waals surface area contributed by atoms with Crippen LogP contribution in [0, 0.1) is 33.8 Å². The summed E-state index contributed by atoms with van der Waals surface area (Å²) in [5.74, 6) is 0.125. The molecule has 1 saturated carbocycles. The summed E-state index contributed by atoms with van der Waals surface area (Å²) in [5.41, 5.74) is 0.317.